The van der Waals surface area contributed by atoms with Crippen molar-refractivity contribution in [2.45, 2.75) is 26.2 Å². The van der Waals surface area contributed by atoms with E-state index in [1.54, 1.807) is 0 Å². The molecule has 0 aliphatic carbocycles. The van der Waals surface area contributed by atoms with Crippen LogP contribution in [0.1, 0.15) is 31.7 Å². The minimum atomic E-state index is 0.444. The van der Waals surface area contributed by atoms with Gasteiger partial charge in [0.1, 0.15) is 0 Å². The SMILES string of the molecule is CCC(C)C(CNC)c1ccc(Cl)cc1Cl. The van der Waals surface area contributed by atoms with Gasteiger partial charge in [-0.25, -0.2) is 0 Å². The topological polar surface area (TPSA) is 12.0 Å². The lowest BCUT2D eigenvalue weighted by molar-refractivity contribution is 0.432. The van der Waals surface area contributed by atoms with E-state index >= 15 is 0 Å². The van der Waals surface area contributed by atoms with E-state index in [2.05, 4.69) is 19.2 Å². The van der Waals surface area contributed by atoms with Gasteiger partial charge in [-0.05, 0) is 30.7 Å². The van der Waals surface area contributed by atoms with Crippen molar-refractivity contribution in [3.63, 3.8) is 0 Å². The van der Waals surface area contributed by atoms with E-state index in [-0.39, 0.29) is 0 Å². The number of likely N-dealkylation sites (N-methyl/N-ethyl adjacent to an activating group) is 1. The highest BCUT2D eigenvalue weighted by molar-refractivity contribution is 6.35. The van der Waals surface area contributed by atoms with Crippen LogP contribution in [0.15, 0.2) is 18.2 Å². The fraction of sp³-hybridized carbons (Fsp3) is 0.538. The molecule has 0 spiro atoms. The number of nitrogens with one attached hydrogen (secondary N) is 1. The van der Waals surface area contributed by atoms with Crippen molar-refractivity contribution in [1.29, 1.82) is 0 Å². The zero-order chi connectivity index (χ0) is 12.1. The van der Waals surface area contributed by atoms with Gasteiger partial charge in [-0.1, -0.05) is 49.5 Å². The van der Waals surface area contributed by atoms with E-state index in [9.17, 15) is 0 Å². The highest BCUT2D eigenvalue weighted by Crippen LogP contribution is 2.33. The second kappa shape index (κ2) is 6.48. The first-order valence-electron chi connectivity index (χ1n) is 5.69. The number of benzene rings is 1. The maximum absolute atomic E-state index is 6.25. The summed E-state index contributed by atoms with van der Waals surface area (Å²) in [4.78, 5) is 0. The lowest BCUT2D eigenvalue weighted by Gasteiger charge is -2.24. The Morgan fingerprint density at radius 1 is 1.31 bits per heavy atom. The third-order valence-electron chi connectivity index (χ3n) is 3.12. The van der Waals surface area contributed by atoms with Crippen molar-refractivity contribution in [1.82, 2.24) is 5.32 Å². The summed E-state index contributed by atoms with van der Waals surface area (Å²) >= 11 is 12.2. The molecule has 1 nitrogen and oxygen atoms in total. The molecule has 0 aliphatic rings. The summed E-state index contributed by atoms with van der Waals surface area (Å²) in [7, 11) is 1.97. The number of hydrogen-bond acceptors (Lipinski definition) is 1. The van der Waals surface area contributed by atoms with Crippen LogP contribution < -0.4 is 5.32 Å². The van der Waals surface area contributed by atoms with Crippen LogP contribution in [-0.4, -0.2) is 13.6 Å². The summed E-state index contributed by atoms with van der Waals surface area (Å²) in [5.41, 5.74) is 1.19. The van der Waals surface area contributed by atoms with Crippen molar-refractivity contribution in [2.24, 2.45) is 5.92 Å². The first-order chi connectivity index (χ1) is 7.60. The van der Waals surface area contributed by atoms with Gasteiger partial charge < -0.3 is 5.32 Å². The van der Waals surface area contributed by atoms with Gasteiger partial charge in [0.15, 0.2) is 0 Å². The monoisotopic (exact) mass is 259 g/mol. The Morgan fingerprint density at radius 3 is 2.50 bits per heavy atom. The van der Waals surface area contributed by atoms with E-state index in [0.29, 0.717) is 16.9 Å². The molecule has 0 radical (unpaired) electrons. The van der Waals surface area contributed by atoms with Crippen molar-refractivity contribution in [3.05, 3.63) is 33.8 Å². The summed E-state index contributed by atoms with van der Waals surface area (Å²) < 4.78 is 0. The summed E-state index contributed by atoms with van der Waals surface area (Å²) in [5, 5.41) is 4.70. The summed E-state index contributed by atoms with van der Waals surface area (Å²) in [6.07, 6.45) is 1.14. The number of rotatable bonds is 5. The molecule has 2 atom stereocenters. The average molecular weight is 260 g/mol. The molecule has 90 valence electrons. The molecule has 1 aromatic carbocycles. The van der Waals surface area contributed by atoms with Crippen LogP contribution in [0.5, 0.6) is 0 Å². The molecule has 1 aromatic rings. The van der Waals surface area contributed by atoms with Gasteiger partial charge >= 0.3 is 0 Å². The largest absolute Gasteiger partial charge is 0.319 e. The van der Waals surface area contributed by atoms with Gasteiger partial charge in [-0.3, -0.25) is 0 Å². The Morgan fingerprint density at radius 2 is 2.00 bits per heavy atom. The normalized spacial score (nSPS) is 14.8. The molecule has 0 heterocycles. The van der Waals surface area contributed by atoms with Crippen LogP contribution in [0.3, 0.4) is 0 Å². The second-order valence-electron chi connectivity index (χ2n) is 4.22. The molecule has 0 saturated carbocycles. The molecule has 2 unspecified atom stereocenters. The molecular formula is C13H19Cl2N. The smallest absolute Gasteiger partial charge is 0.0456 e. The van der Waals surface area contributed by atoms with E-state index in [1.807, 2.05) is 25.2 Å². The minimum absolute atomic E-state index is 0.444. The molecule has 0 fully saturated rings. The quantitative estimate of drug-likeness (QED) is 0.830. The fourth-order valence-electron chi connectivity index (χ4n) is 1.92. The Bertz CT molecular complexity index is 339. The lowest BCUT2D eigenvalue weighted by Crippen LogP contribution is -2.22. The van der Waals surface area contributed by atoms with E-state index in [1.165, 1.54) is 5.56 Å². The van der Waals surface area contributed by atoms with E-state index < -0.39 is 0 Å². The van der Waals surface area contributed by atoms with Gasteiger partial charge in [-0.2, -0.15) is 0 Å². The van der Waals surface area contributed by atoms with Gasteiger partial charge in [-0.15, -0.1) is 0 Å². The fourth-order valence-corrected chi connectivity index (χ4v) is 2.47. The molecular weight excluding hydrogens is 241 g/mol. The molecule has 0 amide bonds. The van der Waals surface area contributed by atoms with Crippen LogP contribution in [0.2, 0.25) is 10.0 Å². The molecule has 0 aromatic heterocycles. The molecule has 0 aliphatic heterocycles. The highest BCUT2D eigenvalue weighted by atomic mass is 35.5. The molecule has 1 N–H and O–H groups in total. The van der Waals surface area contributed by atoms with Crippen LogP contribution in [-0.2, 0) is 0 Å². The molecule has 3 heteroatoms. The third-order valence-corrected chi connectivity index (χ3v) is 3.68. The predicted molar refractivity (Wildman–Crippen MR) is 72.6 cm³/mol. The highest BCUT2D eigenvalue weighted by Gasteiger charge is 2.19. The van der Waals surface area contributed by atoms with Gasteiger partial charge in [0.25, 0.3) is 0 Å². The molecule has 0 saturated heterocycles. The molecule has 16 heavy (non-hydrogen) atoms. The molecule has 1 rings (SSSR count). The van der Waals surface area contributed by atoms with Crippen molar-refractivity contribution < 1.29 is 0 Å². The van der Waals surface area contributed by atoms with Crippen LogP contribution in [0, 0.1) is 5.92 Å². The summed E-state index contributed by atoms with van der Waals surface area (Å²) in [6.45, 7) is 5.40. The first kappa shape index (κ1) is 13.8. The van der Waals surface area contributed by atoms with Gasteiger partial charge in [0, 0.05) is 22.5 Å². The number of hydrogen-bond donors (Lipinski definition) is 1. The third kappa shape index (κ3) is 3.38. The second-order valence-corrected chi connectivity index (χ2v) is 5.06. The number of halogens is 2. The van der Waals surface area contributed by atoms with E-state index in [4.69, 9.17) is 23.2 Å². The average Bonchev–Trinajstić information content (AvgIpc) is 2.26. The summed E-state index contributed by atoms with van der Waals surface area (Å²) in [5.74, 6) is 1.05. The van der Waals surface area contributed by atoms with E-state index in [0.717, 1.165) is 18.0 Å². The Hall–Kier alpha value is -0.240. The minimum Gasteiger partial charge on any atom is -0.319 e. The Kier molecular flexibility index (Phi) is 5.60. The summed E-state index contributed by atoms with van der Waals surface area (Å²) in [6, 6.07) is 5.77. The standard InChI is InChI=1S/C13H19Cl2N/c1-4-9(2)12(8-16-3)11-6-5-10(14)7-13(11)15/h5-7,9,12,16H,4,8H2,1-3H3. The van der Waals surface area contributed by atoms with Crippen molar-refractivity contribution in [2.75, 3.05) is 13.6 Å². The lowest BCUT2D eigenvalue weighted by atomic mass is 9.85. The first-order valence-corrected chi connectivity index (χ1v) is 6.45. The molecule has 0 bridgehead atoms. The maximum atomic E-state index is 6.25. The zero-order valence-corrected chi connectivity index (χ0v) is 11.6. The predicted octanol–water partition coefficient (Wildman–Crippen LogP) is 4.34. The van der Waals surface area contributed by atoms with Gasteiger partial charge in [0.05, 0.1) is 0 Å². The maximum Gasteiger partial charge on any atom is 0.0456 e. The van der Waals surface area contributed by atoms with Crippen molar-refractivity contribution >= 4 is 23.2 Å². The van der Waals surface area contributed by atoms with Crippen LogP contribution in [0.4, 0.5) is 0 Å². The van der Waals surface area contributed by atoms with Crippen molar-refractivity contribution in [3.8, 4) is 0 Å². The zero-order valence-electron chi connectivity index (χ0n) is 10.1. The van der Waals surface area contributed by atoms with Gasteiger partial charge in [0.2, 0.25) is 0 Å². The Balaban J connectivity index is 3.00. The Labute approximate surface area is 108 Å². The van der Waals surface area contributed by atoms with Crippen LogP contribution >= 0.6 is 23.2 Å². The van der Waals surface area contributed by atoms with Crippen LogP contribution in [0.25, 0.3) is 0 Å².